The van der Waals surface area contributed by atoms with Crippen LogP contribution in [0.1, 0.15) is 88.2 Å². The molecule has 0 spiro atoms. The molecule has 6 rings (SSSR count). The van der Waals surface area contributed by atoms with E-state index in [1.165, 1.54) is 55.4 Å². The van der Waals surface area contributed by atoms with Gasteiger partial charge in [-0.25, -0.2) is 9.78 Å². The van der Waals surface area contributed by atoms with Crippen molar-refractivity contribution in [3.05, 3.63) is 90.5 Å². The molecule has 1 heterocycles. The zero-order valence-electron chi connectivity index (χ0n) is 33.9. The van der Waals surface area contributed by atoms with Crippen LogP contribution in [0.4, 0.5) is 5.13 Å². The lowest BCUT2D eigenvalue weighted by Crippen LogP contribution is -2.33. The highest BCUT2D eigenvalue weighted by atomic mass is 32.1. The molecule has 1 aromatic heterocycles. The van der Waals surface area contributed by atoms with Crippen LogP contribution in [0.5, 0.6) is 17.2 Å². The predicted octanol–water partition coefficient (Wildman–Crippen LogP) is 9.07. The number of rotatable bonds is 22. The maximum Gasteiger partial charge on any atom is 0.330 e. The van der Waals surface area contributed by atoms with Gasteiger partial charge in [-0.3, -0.25) is 10.2 Å². The first-order valence-corrected chi connectivity index (χ1v) is 21.7. The number of hydrogen-bond acceptors (Lipinski definition) is 13. The lowest BCUT2D eigenvalue weighted by Gasteiger charge is -2.30. The topological polar surface area (TPSA) is 147 Å². The number of nitrogens with one attached hydrogen (secondary N) is 1. The Bertz CT molecular complexity index is 1920. The van der Waals surface area contributed by atoms with E-state index < -0.39 is 12.3 Å². The second kappa shape index (κ2) is 23.1. The van der Waals surface area contributed by atoms with E-state index in [0.717, 1.165) is 27.8 Å². The molecule has 2 fully saturated rings. The van der Waals surface area contributed by atoms with Crippen molar-refractivity contribution in [3.63, 3.8) is 0 Å². The number of ether oxygens (including phenoxy) is 6. The summed E-state index contributed by atoms with van der Waals surface area (Å²) >= 11 is 1.54. The van der Waals surface area contributed by atoms with E-state index in [0.29, 0.717) is 80.4 Å². The Morgan fingerprint density at radius 2 is 1.61 bits per heavy atom. The maximum absolute atomic E-state index is 13.6. The number of hydrazone groups is 1. The largest absolute Gasteiger partial charge is 0.491 e. The first-order valence-electron chi connectivity index (χ1n) is 20.9. The van der Waals surface area contributed by atoms with Crippen LogP contribution >= 0.6 is 11.3 Å². The second-order valence-corrected chi connectivity index (χ2v) is 16.1. The first kappa shape index (κ1) is 43.8. The lowest BCUT2D eigenvalue weighted by atomic mass is 9.77. The summed E-state index contributed by atoms with van der Waals surface area (Å²) in [5, 5.41) is 16.2. The quantitative estimate of drug-likeness (QED) is 0.0149. The molecule has 3 aromatic carbocycles. The highest BCUT2D eigenvalue weighted by Crippen LogP contribution is 2.39. The van der Waals surface area contributed by atoms with E-state index in [4.69, 9.17) is 28.4 Å². The summed E-state index contributed by atoms with van der Waals surface area (Å²) in [6.07, 6.45) is 11.7. The number of carbonyl (C=O) groups is 2. The molecular weight excluding hydrogens is 771 g/mol. The summed E-state index contributed by atoms with van der Waals surface area (Å²) in [5.41, 5.74) is 6.01. The zero-order chi connectivity index (χ0) is 41.2. The highest BCUT2D eigenvalue weighted by molar-refractivity contribution is 7.22. The third kappa shape index (κ3) is 13.6. The number of carbonyl (C=O) groups excluding carboxylic acids is 2. The molecule has 2 aliphatic rings. The number of thiazole rings is 1. The van der Waals surface area contributed by atoms with Gasteiger partial charge in [0, 0.05) is 17.6 Å². The van der Waals surface area contributed by atoms with Crippen LogP contribution in [0.2, 0.25) is 0 Å². The molecule has 2 aliphatic carbocycles. The van der Waals surface area contributed by atoms with Crippen molar-refractivity contribution < 1.29 is 43.1 Å². The van der Waals surface area contributed by atoms with E-state index in [1.54, 1.807) is 30.5 Å². The molecule has 13 heteroatoms. The minimum Gasteiger partial charge on any atom is -0.491 e. The van der Waals surface area contributed by atoms with Crippen molar-refractivity contribution in [2.24, 2.45) is 22.9 Å². The fraction of sp³-hybridized carbons (Fsp3) is 0.478. The number of nitrogens with zero attached hydrogens (tertiary/aromatic N) is 2. The predicted molar refractivity (Wildman–Crippen MR) is 229 cm³/mol. The summed E-state index contributed by atoms with van der Waals surface area (Å²) in [7, 11) is 0. The van der Waals surface area contributed by atoms with Gasteiger partial charge in [0.05, 0.1) is 48.8 Å². The number of aliphatic hydroxyl groups excluding tert-OH is 1. The molecule has 4 aromatic rings. The average molecular weight is 828 g/mol. The van der Waals surface area contributed by atoms with Gasteiger partial charge in [0.15, 0.2) is 6.29 Å². The molecule has 12 nitrogen and oxygen atoms in total. The van der Waals surface area contributed by atoms with Crippen LogP contribution in [0.15, 0.2) is 84.5 Å². The van der Waals surface area contributed by atoms with Gasteiger partial charge < -0.3 is 33.5 Å². The molecule has 1 atom stereocenters. The number of hydrogen-bond donors (Lipinski definition) is 2. The highest BCUT2D eigenvalue weighted by Gasteiger charge is 2.32. The van der Waals surface area contributed by atoms with Gasteiger partial charge in [-0.2, -0.15) is 5.10 Å². The Hall–Kier alpha value is -4.82. The number of esters is 2. The van der Waals surface area contributed by atoms with Crippen LogP contribution < -0.4 is 19.6 Å². The van der Waals surface area contributed by atoms with Crippen molar-refractivity contribution in [2.75, 3.05) is 45.1 Å². The fourth-order valence-electron chi connectivity index (χ4n) is 7.77. The van der Waals surface area contributed by atoms with E-state index >= 15 is 0 Å². The second-order valence-electron chi connectivity index (χ2n) is 15.1. The molecule has 0 amide bonds. The van der Waals surface area contributed by atoms with Crippen molar-refractivity contribution in [1.82, 2.24) is 4.98 Å². The third-order valence-electron chi connectivity index (χ3n) is 11.0. The normalized spacial score (nSPS) is 19.9. The Balaban J connectivity index is 0.946. The van der Waals surface area contributed by atoms with Crippen LogP contribution in [-0.4, -0.2) is 74.2 Å². The van der Waals surface area contributed by atoms with E-state index in [-0.39, 0.29) is 31.0 Å². The summed E-state index contributed by atoms with van der Waals surface area (Å²) in [6.45, 7) is 7.57. The zero-order valence-corrected chi connectivity index (χ0v) is 34.7. The van der Waals surface area contributed by atoms with Gasteiger partial charge >= 0.3 is 11.9 Å². The molecule has 0 saturated heterocycles. The number of fused-ring (bicyclic) bond motifs is 1. The maximum atomic E-state index is 13.6. The standard InChI is InChI=1S/C46H57N3O9S/c1-3-7-32-10-12-33(13-11-32)36-18-23-41(37(30-36)31-47-49-46-48-40-8-5-6-9-42(40)59-46)58-45(52)35-16-14-34(15-17-35)44(51)57-39-21-19-38(20-22-39)55-28-26-53-24-25-54-27-29-56-43(50)4-2/h4-6,8-9,18-23,30-35,44,51H,2-3,7,10-17,24-29H2,1H3,(H,48,49)/b47-31+. The van der Waals surface area contributed by atoms with Gasteiger partial charge in [-0.1, -0.05) is 55.9 Å². The van der Waals surface area contributed by atoms with Crippen molar-refractivity contribution >= 4 is 44.8 Å². The van der Waals surface area contributed by atoms with E-state index in [9.17, 15) is 14.7 Å². The number of benzene rings is 3. The number of anilines is 1. The van der Waals surface area contributed by atoms with Crippen LogP contribution in [-0.2, 0) is 23.8 Å². The van der Waals surface area contributed by atoms with Gasteiger partial charge in [0.2, 0.25) is 5.13 Å². The van der Waals surface area contributed by atoms with Crippen LogP contribution in [0.3, 0.4) is 0 Å². The third-order valence-corrected chi connectivity index (χ3v) is 12.0. The monoisotopic (exact) mass is 827 g/mol. The van der Waals surface area contributed by atoms with Crippen LogP contribution in [0.25, 0.3) is 10.2 Å². The SMILES string of the molecule is C=CC(=O)OCCOCCOCCOc1ccc(OC(O)C2CCC(C(=O)Oc3ccc(C4CCC(CCC)CC4)cc3/C=N/Nc3nc4ccccc4s3)CC2)cc1. The van der Waals surface area contributed by atoms with Crippen molar-refractivity contribution in [2.45, 2.75) is 83.3 Å². The van der Waals surface area contributed by atoms with E-state index in [1.807, 2.05) is 30.3 Å². The van der Waals surface area contributed by atoms with Crippen molar-refractivity contribution in [1.29, 1.82) is 0 Å². The van der Waals surface area contributed by atoms with E-state index in [2.05, 4.69) is 41.1 Å². The average Bonchev–Trinajstić information content (AvgIpc) is 3.68. The number of aromatic nitrogens is 1. The molecule has 1 unspecified atom stereocenters. The van der Waals surface area contributed by atoms with Gasteiger partial charge in [0.1, 0.15) is 30.5 Å². The minimum atomic E-state index is -1.00. The Kier molecular flexibility index (Phi) is 17.1. The molecule has 0 radical (unpaired) electrons. The van der Waals surface area contributed by atoms with Gasteiger partial charge in [0.25, 0.3) is 0 Å². The molecule has 316 valence electrons. The molecule has 2 N–H and O–H groups in total. The Morgan fingerprint density at radius 3 is 2.34 bits per heavy atom. The molecule has 59 heavy (non-hydrogen) atoms. The first-order chi connectivity index (χ1) is 28.9. The number of para-hydroxylation sites is 1. The smallest absolute Gasteiger partial charge is 0.330 e. The van der Waals surface area contributed by atoms with Crippen molar-refractivity contribution in [3.8, 4) is 17.2 Å². The molecule has 2 saturated carbocycles. The molecular formula is C46H57N3O9S. The summed E-state index contributed by atoms with van der Waals surface area (Å²) in [5.74, 6) is 1.84. The summed E-state index contributed by atoms with van der Waals surface area (Å²) < 4.78 is 34.5. The van der Waals surface area contributed by atoms with Gasteiger partial charge in [-0.05, 0) is 117 Å². The fourth-order valence-corrected chi connectivity index (χ4v) is 8.58. The van der Waals surface area contributed by atoms with Gasteiger partial charge in [-0.15, -0.1) is 0 Å². The lowest BCUT2D eigenvalue weighted by molar-refractivity contribution is -0.142. The summed E-state index contributed by atoms with van der Waals surface area (Å²) in [6, 6.07) is 21.2. The number of aliphatic hydroxyl groups is 1. The minimum absolute atomic E-state index is 0.110. The summed E-state index contributed by atoms with van der Waals surface area (Å²) in [4.78, 5) is 29.2. The Morgan fingerprint density at radius 1 is 0.898 bits per heavy atom. The Labute approximate surface area is 350 Å². The molecule has 0 bridgehead atoms. The molecule has 0 aliphatic heterocycles. The van der Waals surface area contributed by atoms with Crippen LogP contribution in [0, 0.1) is 17.8 Å².